The van der Waals surface area contributed by atoms with E-state index in [0.717, 1.165) is 12.6 Å². The Balaban J connectivity index is 1.72. The Hall–Kier alpha value is -1.42. The van der Waals surface area contributed by atoms with Crippen LogP contribution in [-0.4, -0.2) is 27.0 Å². The Morgan fingerprint density at radius 1 is 0.923 bits per heavy atom. The molecule has 2 heterocycles. The maximum absolute atomic E-state index is 7.10. The molecule has 4 rings (SSSR count). The molecule has 2 aliphatic heterocycles. The minimum absolute atomic E-state index is 0.0702. The highest BCUT2D eigenvalue weighted by molar-refractivity contribution is 6.99. The van der Waals surface area contributed by atoms with Crippen molar-refractivity contribution in [3.05, 3.63) is 60.7 Å². The standard InChI is InChI=1S/C23H31NOSi/c1-23(2,3)26(20-10-6-4-7-11-20,21-12-8-5-9-13-21)25-17-18-16-19-14-15-22(18)24-19/h4-13,18-19,22,24H,14-17H2,1-3H3/t18-,19+,22-/m1/s1. The summed E-state index contributed by atoms with van der Waals surface area (Å²) in [6, 6.07) is 23.4. The third-order valence-corrected chi connectivity index (χ3v) is 11.4. The quantitative estimate of drug-likeness (QED) is 0.816. The van der Waals surface area contributed by atoms with Crippen LogP contribution in [0.5, 0.6) is 0 Å². The fraction of sp³-hybridized carbons (Fsp3) is 0.478. The lowest BCUT2D eigenvalue weighted by Crippen LogP contribution is -2.67. The van der Waals surface area contributed by atoms with Crippen molar-refractivity contribution in [3.63, 3.8) is 0 Å². The summed E-state index contributed by atoms with van der Waals surface area (Å²) in [6.07, 6.45) is 3.95. The third kappa shape index (κ3) is 3.06. The van der Waals surface area contributed by atoms with Crippen LogP contribution in [-0.2, 0) is 4.43 Å². The van der Waals surface area contributed by atoms with Crippen LogP contribution in [0.1, 0.15) is 40.0 Å². The third-order valence-electron chi connectivity index (χ3n) is 6.36. The molecule has 2 bridgehead atoms. The molecule has 0 radical (unpaired) electrons. The van der Waals surface area contributed by atoms with Gasteiger partial charge in [0.15, 0.2) is 0 Å². The second-order valence-electron chi connectivity index (χ2n) is 9.02. The van der Waals surface area contributed by atoms with Gasteiger partial charge in [-0.05, 0) is 40.6 Å². The Morgan fingerprint density at radius 3 is 1.92 bits per heavy atom. The fourth-order valence-corrected chi connectivity index (χ4v) is 9.73. The number of rotatable bonds is 5. The van der Waals surface area contributed by atoms with Gasteiger partial charge < -0.3 is 9.74 Å². The highest BCUT2D eigenvalue weighted by Crippen LogP contribution is 2.39. The van der Waals surface area contributed by atoms with Gasteiger partial charge in [-0.3, -0.25) is 0 Å². The lowest BCUT2D eigenvalue weighted by Gasteiger charge is -2.44. The lowest BCUT2D eigenvalue weighted by molar-refractivity contribution is 0.211. The molecule has 2 aliphatic rings. The average molecular weight is 366 g/mol. The molecular formula is C23H31NOSi. The van der Waals surface area contributed by atoms with E-state index in [1.165, 1.54) is 29.6 Å². The minimum Gasteiger partial charge on any atom is -0.407 e. The molecule has 2 aromatic carbocycles. The van der Waals surface area contributed by atoms with Crippen LogP contribution in [0.15, 0.2) is 60.7 Å². The molecular weight excluding hydrogens is 334 g/mol. The molecule has 1 N–H and O–H groups in total. The predicted octanol–water partition coefficient (Wildman–Crippen LogP) is 3.70. The molecule has 2 nitrogen and oxygen atoms in total. The van der Waals surface area contributed by atoms with Gasteiger partial charge in [-0.2, -0.15) is 0 Å². The number of hydrogen-bond donors (Lipinski definition) is 1. The first kappa shape index (κ1) is 18.0. The van der Waals surface area contributed by atoms with E-state index in [4.69, 9.17) is 4.43 Å². The number of fused-ring (bicyclic) bond motifs is 2. The molecule has 138 valence electrons. The van der Waals surface area contributed by atoms with Crippen LogP contribution >= 0.6 is 0 Å². The average Bonchev–Trinajstić information content (AvgIpc) is 3.26. The zero-order valence-electron chi connectivity index (χ0n) is 16.2. The van der Waals surface area contributed by atoms with Gasteiger partial charge in [0.25, 0.3) is 8.32 Å². The molecule has 0 aliphatic carbocycles. The van der Waals surface area contributed by atoms with Crippen LogP contribution in [0, 0.1) is 5.92 Å². The van der Waals surface area contributed by atoms with Crippen LogP contribution < -0.4 is 15.7 Å². The molecule has 0 saturated carbocycles. The van der Waals surface area contributed by atoms with Crippen molar-refractivity contribution in [2.75, 3.05) is 6.61 Å². The maximum Gasteiger partial charge on any atom is 0.261 e. The van der Waals surface area contributed by atoms with Gasteiger partial charge >= 0.3 is 0 Å². The zero-order valence-corrected chi connectivity index (χ0v) is 17.2. The normalized spacial score (nSPS) is 25.6. The Kier molecular flexibility index (Phi) is 4.80. The largest absolute Gasteiger partial charge is 0.407 e. The van der Waals surface area contributed by atoms with Crippen LogP contribution in [0.4, 0.5) is 0 Å². The number of nitrogens with one attached hydrogen (secondary N) is 1. The fourth-order valence-electron chi connectivity index (χ4n) is 5.12. The van der Waals surface area contributed by atoms with E-state index in [-0.39, 0.29) is 5.04 Å². The van der Waals surface area contributed by atoms with Crippen LogP contribution in [0.25, 0.3) is 0 Å². The van der Waals surface area contributed by atoms with Gasteiger partial charge in [-0.15, -0.1) is 0 Å². The summed E-state index contributed by atoms with van der Waals surface area (Å²) in [5.74, 6) is 0.662. The highest BCUT2D eigenvalue weighted by Gasteiger charge is 2.51. The molecule has 0 aromatic heterocycles. The number of hydrogen-bond acceptors (Lipinski definition) is 2. The molecule has 2 fully saturated rings. The van der Waals surface area contributed by atoms with E-state index in [9.17, 15) is 0 Å². The summed E-state index contributed by atoms with van der Waals surface area (Å²) >= 11 is 0. The van der Waals surface area contributed by atoms with E-state index < -0.39 is 8.32 Å². The summed E-state index contributed by atoms with van der Waals surface area (Å²) in [4.78, 5) is 0. The molecule has 0 amide bonds. The Labute approximate surface area is 159 Å². The van der Waals surface area contributed by atoms with E-state index in [0.29, 0.717) is 12.0 Å². The Bertz CT molecular complexity index is 685. The molecule has 26 heavy (non-hydrogen) atoms. The molecule has 3 heteroatoms. The smallest absolute Gasteiger partial charge is 0.261 e. The highest BCUT2D eigenvalue weighted by atomic mass is 28.4. The van der Waals surface area contributed by atoms with Gasteiger partial charge in [0.05, 0.1) is 0 Å². The van der Waals surface area contributed by atoms with E-state index in [2.05, 4.69) is 86.8 Å². The molecule has 2 aromatic rings. The van der Waals surface area contributed by atoms with E-state index in [1.54, 1.807) is 0 Å². The first-order chi connectivity index (χ1) is 12.5. The SMILES string of the molecule is CC(C)(C)[Si](OC[C@H]1C[C@@H]2CC[C@H]1N2)(c1ccccc1)c1ccccc1. The van der Waals surface area contributed by atoms with Crippen molar-refractivity contribution in [2.24, 2.45) is 5.92 Å². The van der Waals surface area contributed by atoms with Gasteiger partial charge in [-0.1, -0.05) is 81.4 Å². The van der Waals surface area contributed by atoms with E-state index in [1.807, 2.05) is 0 Å². The van der Waals surface area contributed by atoms with Crippen molar-refractivity contribution >= 4 is 18.7 Å². The summed E-state index contributed by atoms with van der Waals surface area (Å²) in [5.41, 5.74) is 0. The van der Waals surface area contributed by atoms with E-state index >= 15 is 0 Å². The van der Waals surface area contributed by atoms with Crippen LogP contribution in [0.3, 0.4) is 0 Å². The summed E-state index contributed by atoms with van der Waals surface area (Å²) in [7, 11) is -2.37. The lowest BCUT2D eigenvalue weighted by atomic mass is 9.90. The summed E-state index contributed by atoms with van der Waals surface area (Å²) in [6.45, 7) is 7.95. The van der Waals surface area contributed by atoms with Crippen molar-refractivity contribution in [1.82, 2.24) is 5.32 Å². The van der Waals surface area contributed by atoms with Gasteiger partial charge in [-0.25, -0.2) is 0 Å². The monoisotopic (exact) mass is 365 g/mol. The number of benzene rings is 2. The minimum atomic E-state index is -2.37. The zero-order chi connectivity index (χ0) is 18.2. The maximum atomic E-state index is 7.10. The summed E-state index contributed by atoms with van der Waals surface area (Å²) in [5, 5.41) is 6.61. The van der Waals surface area contributed by atoms with Gasteiger partial charge in [0.2, 0.25) is 0 Å². The summed E-state index contributed by atoms with van der Waals surface area (Å²) < 4.78 is 7.10. The topological polar surface area (TPSA) is 21.3 Å². The first-order valence-corrected chi connectivity index (χ1v) is 11.9. The second-order valence-corrected chi connectivity index (χ2v) is 13.3. The first-order valence-electron chi connectivity index (χ1n) is 10.0. The van der Waals surface area contributed by atoms with Crippen molar-refractivity contribution < 1.29 is 4.43 Å². The van der Waals surface area contributed by atoms with Crippen LogP contribution in [0.2, 0.25) is 5.04 Å². The van der Waals surface area contributed by atoms with Crippen molar-refractivity contribution in [3.8, 4) is 0 Å². The van der Waals surface area contributed by atoms with Crippen molar-refractivity contribution in [2.45, 2.75) is 57.2 Å². The molecule has 0 unspecified atom stereocenters. The molecule has 2 saturated heterocycles. The predicted molar refractivity (Wildman–Crippen MR) is 112 cm³/mol. The molecule has 0 spiro atoms. The second kappa shape index (κ2) is 6.95. The van der Waals surface area contributed by atoms with Crippen molar-refractivity contribution in [1.29, 1.82) is 0 Å². The Morgan fingerprint density at radius 2 is 1.50 bits per heavy atom. The molecule has 3 atom stereocenters. The van der Waals surface area contributed by atoms with Gasteiger partial charge in [0.1, 0.15) is 0 Å². The van der Waals surface area contributed by atoms with Gasteiger partial charge in [0, 0.05) is 18.7 Å².